The minimum atomic E-state index is -0.297. The van der Waals surface area contributed by atoms with Crippen LogP contribution >= 0.6 is 0 Å². The number of nitrogens with zero attached hydrogens (tertiary/aromatic N) is 3. The van der Waals surface area contributed by atoms with Crippen LogP contribution in [0.1, 0.15) is 32.1 Å². The molecule has 7 nitrogen and oxygen atoms in total. The fourth-order valence-electron chi connectivity index (χ4n) is 4.30. The van der Waals surface area contributed by atoms with E-state index < -0.39 is 0 Å². The summed E-state index contributed by atoms with van der Waals surface area (Å²) in [5, 5.41) is 2.97. The molecule has 0 saturated carbocycles. The van der Waals surface area contributed by atoms with E-state index in [9.17, 15) is 9.59 Å². The molecule has 4 rings (SSSR count). The normalized spacial score (nSPS) is 26.4. The van der Waals surface area contributed by atoms with Gasteiger partial charge in [-0.3, -0.25) is 9.59 Å². The van der Waals surface area contributed by atoms with Gasteiger partial charge in [-0.05, 0) is 25.7 Å². The maximum absolute atomic E-state index is 12.3. The zero-order valence-electron chi connectivity index (χ0n) is 14.6. The fourth-order valence-corrected chi connectivity index (χ4v) is 4.30. The van der Waals surface area contributed by atoms with Crippen LogP contribution in [0.5, 0.6) is 5.75 Å². The standard InChI is InChI=1S/C18H24N4O3/c1-25-14-10-13(22-9-2-4-15(22)23)11-20-16(14)21-8-3-5-18(12-21)6-7-19-17(18)24/h10-11H,2-9,12H2,1H3,(H,19,24). The van der Waals surface area contributed by atoms with E-state index in [1.807, 2.05) is 6.07 Å². The van der Waals surface area contributed by atoms with Crippen LogP contribution in [-0.2, 0) is 9.59 Å². The molecular formula is C18H24N4O3. The summed E-state index contributed by atoms with van der Waals surface area (Å²) in [5.74, 6) is 1.72. The molecule has 3 aliphatic rings. The monoisotopic (exact) mass is 344 g/mol. The first-order chi connectivity index (χ1) is 12.1. The Morgan fingerprint density at radius 2 is 2.12 bits per heavy atom. The van der Waals surface area contributed by atoms with Crippen LogP contribution in [0.3, 0.4) is 0 Å². The van der Waals surface area contributed by atoms with Crippen LogP contribution in [-0.4, -0.2) is 50.1 Å². The predicted molar refractivity (Wildman–Crippen MR) is 93.9 cm³/mol. The second kappa shape index (κ2) is 6.20. The number of ether oxygens (including phenoxy) is 1. The van der Waals surface area contributed by atoms with E-state index in [1.165, 1.54) is 0 Å². The first-order valence-corrected chi connectivity index (χ1v) is 9.01. The second-order valence-corrected chi connectivity index (χ2v) is 7.18. The van der Waals surface area contributed by atoms with Gasteiger partial charge >= 0.3 is 0 Å². The van der Waals surface area contributed by atoms with Crippen molar-refractivity contribution in [1.82, 2.24) is 10.3 Å². The number of rotatable bonds is 3. The van der Waals surface area contributed by atoms with Crippen molar-refractivity contribution in [3.63, 3.8) is 0 Å². The van der Waals surface area contributed by atoms with Gasteiger partial charge in [0.15, 0.2) is 11.6 Å². The predicted octanol–water partition coefficient (Wildman–Crippen LogP) is 1.32. The van der Waals surface area contributed by atoms with Gasteiger partial charge in [0.05, 0.1) is 24.4 Å². The molecule has 1 aromatic heterocycles. The van der Waals surface area contributed by atoms with Gasteiger partial charge in [-0.1, -0.05) is 0 Å². The Kier molecular flexibility index (Phi) is 4.01. The number of piperidine rings is 1. The van der Waals surface area contributed by atoms with Crippen LogP contribution in [0, 0.1) is 5.41 Å². The molecule has 1 atom stereocenters. The summed E-state index contributed by atoms with van der Waals surface area (Å²) in [6.45, 7) is 3.02. The zero-order chi connectivity index (χ0) is 17.4. The summed E-state index contributed by atoms with van der Waals surface area (Å²) in [7, 11) is 1.62. The topological polar surface area (TPSA) is 74.8 Å². The van der Waals surface area contributed by atoms with Crippen molar-refractivity contribution in [2.75, 3.05) is 43.1 Å². The van der Waals surface area contributed by atoms with Gasteiger partial charge < -0.3 is 19.9 Å². The molecule has 2 amide bonds. The van der Waals surface area contributed by atoms with Gasteiger partial charge in [0.2, 0.25) is 11.8 Å². The van der Waals surface area contributed by atoms with Gasteiger partial charge in [0.25, 0.3) is 0 Å². The molecule has 1 aromatic rings. The van der Waals surface area contributed by atoms with Crippen LogP contribution in [0.4, 0.5) is 11.5 Å². The molecule has 1 N–H and O–H groups in total. The largest absolute Gasteiger partial charge is 0.493 e. The number of anilines is 2. The molecule has 4 heterocycles. The number of pyridine rings is 1. The third kappa shape index (κ3) is 2.71. The fraction of sp³-hybridized carbons (Fsp3) is 0.611. The number of carbonyl (C=O) groups excluding carboxylic acids is 2. The van der Waals surface area contributed by atoms with Gasteiger partial charge in [-0.15, -0.1) is 0 Å². The van der Waals surface area contributed by atoms with E-state index >= 15 is 0 Å². The zero-order valence-corrected chi connectivity index (χ0v) is 14.6. The number of amides is 2. The number of carbonyl (C=O) groups is 2. The molecule has 0 radical (unpaired) electrons. The van der Waals surface area contributed by atoms with Crippen molar-refractivity contribution in [2.24, 2.45) is 5.41 Å². The molecule has 25 heavy (non-hydrogen) atoms. The molecule has 0 bridgehead atoms. The van der Waals surface area contributed by atoms with Crippen molar-refractivity contribution in [3.8, 4) is 5.75 Å². The molecular weight excluding hydrogens is 320 g/mol. The lowest BCUT2D eigenvalue weighted by Crippen LogP contribution is -2.47. The summed E-state index contributed by atoms with van der Waals surface area (Å²) in [6.07, 6.45) is 5.99. The molecule has 3 saturated heterocycles. The van der Waals surface area contributed by atoms with Crippen LogP contribution in [0.2, 0.25) is 0 Å². The molecule has 1 spiro atoms. The average molecular weight is 344 g/mol. The van der Waals surface area contributed by atoms with Crippen molar-refractivity contribution >= 4 is 23.3 Å². The van der Waals surface area contributed by atoms with Crippen molar-refractivity contribution in [2.45, 2.75) is 32.1 Å². The number of nitrogens with one attached hydrogen (secondary N) is 1. The molecule has 0 aromatic carbocycles. The third-order valence-electron chi connectivity index (χ3n) is 5.67. The van der Waals surface area contributed by atoms with Crippen molar-refractivity contribution in [3.05, 3.63) is 12.3 Å². The lowest BCUT2D eigenvalue weighted by atomic mass is 9.78. The molecule has 3 aliphatic heterocycles. The van der Waals surface area contributed by atoms with E-state index in [0.717, 1.165) is 56.8 Å². The smallest absolute Gasteiger partial charge is 0.228 e. The summed E-state index contributed by atoms with van der Waals surface area (Å²) in [6, 6.07) is 1.89. The Morgan fingerprint density at radius 3 is 2.80 bits per heavy atom. The van der Waals surface area contributed by atoms with Crippen LogP contribution in [0.15, 0.2) is 12.3 Å². The SMILES string of the molecule is COc1cc(N2CCCC2=O)cnc1N1CCCC2(CCNC2=O)C1. The quantitative estimate of drug-likeness (QED) is 0.895. The number of hydrogen-bond donors (Lipinski definition) is 1. The first kappa shape index (κ1) is 16.2. The van der Waals surface area contributed by atoms with Crippen molar-refractivity contribution in [1.29, 1.82) is 0 Å². The highest BCUT2D eigenvalue weighted by atomic mass is 16.5. The Morgan fingerprint density at radius 1 is 1.24 bits per heavy atom. The van der Waals surface area contributed by atoms with E-state index in [0.29, 0.717) is 18.7 Å². The highest BCUT2D eigenvalue weighted by molar-refractivity contribution is 5.95. The lowest BCUT2D eigenvalue weighted by Gasteiger charge is -2.39. The number of hydrogen-bond acceptors (Lipinski definition) is 5. The highest BCUT2D eigenvalue weighted by Crippen LogP contribution is 2.40. The maximum Gasteiger partial charge on any atom is 0.228 e. The van der Waals surface area contributed by atoms with E-state index in [-0.39, 0.29) is 17.2 Å². The number of aromatic nitrogens is 1. The van der Waals surface area contributed by atoms with Gasteiger partial charge in [-0.2, -0.15) is 0 Å². The summed E-state index contributed by atoms with van der Waals surface area (Å²) in [5.41, 5.74) is 0.488. The minimum absolute atomic E-state index is 0.135. The Balaban J connectivity index is 1.61. The lowest BCUT2D eigenvalue weighted by molar-refractivity contribution is -0.128. The second-order valence-electron chi connectivity index (χ2n) is 7.18. The summed E-state index contributed by atoms with van der Waals surface area (Å²) >= 11 is 0. The molecule has 7 heteroatoms. The summed E-state index contributed by atoms with van der Waals surface area (Å²) in [4.78, 5) is 32.8. The third-order valence-corrected chi connectivity index (χ3v) is 5.67. The van der Waals surface area contributed by atoms with E-state index in [4.69, 9.17) is 4.74 Å². The maximum atomic E-state index is 12.3. The first-order valence-electron chi connectivity index (χ1n) is 9.01. The van der Waals surface area contributed by atoms with Crippen molar-refractivity contribution < 1.29 is 14.3 Å². The molecule has 3 fully saturated rings. The van der Waals surface area contributed by atoms with Crippen LogP contribution in [0.25, 0.3) is 0 Å². The van der Waals surface area contributed by atoms with E-state index in [1.54, 1.807) is 18.2 Å². The Hall–Kier alpha value is -2.31. The summed E-state index contributed by atoms with van der Waals surface area (Å²) < 4.78 is 5.57. The van der Waals surface area contributed by atoms with Crippen LogP contribution < -0.4 is 19.9 Å². The van der Waals surface area contributed by atoms with Gasteiger partial charge in [0.1, 0.15) is 0 Å². The average Bonchev–Trinajstić information content (AvgIpc) is 3.21. The Bertz CT molecular complexity index is 708. The van der Waals surface area contributed by atoms with Gasteiger partial charge in [-0.25, -0.2) is 4.98 Å². The molecule has 1 unspecified atom stereocenters. The molecule has 0 aliphatic carbocycles. The molecule has 134 valence electrons. The minimum Gasteiger partial charge on any atom is -0.493 e. The number of methoxy groups -OCH3 is 1. The van der Waals surface area contributed by atoms with Gasteiger partial charge in [0, 0.05) is 38.7 Å². The van der Waals surface area contributed by atoms with E-state index in [2.05, 4.69) is 15.2 Å². The Labute approximate surface area is 147 Å². The highest BCUT2D eigenvalue weighted by Gasteiger charge is 2.45.